The van der Waals surface area contributed by atoms with Crippen LogP contribution in [0.15, 0.2) is 36.5 Å². The molecule has 2 N–H and O–H groups in total. The van der Waals surface area contributed by atoms with Crippen molar-refractivity contribution in [1.29, 1.82) is 0 Å². The molecule has 1 fully saturated rings. The van der Waals surface area contributed by atoms with E-state index in [1.54, 1.807) is 6.20 Å². The van der Waals surface area contributed by atoms with Crippen LogP contribution in [0.25, 0.3) is 0 Å². The Hall–Kier alpha value is -2.40. The van der Waals surface area contributed by atoms with E-state index in [-0.39, 0.29) is 12.0 Å². The zero-order valence-corrected chi connectivity index (χ0v) is 14.8. The minimum Gasteiger partial charge on any atom is -0.368 e. The summed E-state index contributed by atoms with van der Waals surface area (Å²) >= 11 is 0. The van der Waals surface area contributed by atoms with E-state index in [0.717, 1.165) is 37.1 Å². The Balaban J connectivity index is 1.70. The highest BCUT2D eigenvalue weighted by molar-refractivity contribution is 5.93. The Labute approximate surface area is 148 Å². The summed E-state index contributed by atoms with van der Waals surface area (Å²) in [5, 5.41) is 6.30. The maximum absolute atomic E-state index is 12.1. The lowest BCUT2D eigenvalue weighted by atomic mass is 10.0. The van der Waals surface area contributed by atoms with Crippen molar-refractivity contribution in [2.45, 2.75) is 45.6 Å². The van der Waals surface area contributed by atoms with Crippen molar-refractivity contribution >= 4 is 23.1 Å². The number of para-hydroxylation sites is 1. The maximum Gasteiger partial charge on any atom is 0.254 e. The second kappa shape index (κ2) is 8.12. The number of carbonyl (C=O) groups is 1. The molecule has 1 aliphatic heterocycles. The molecule has 0 saturated carbocycles. The third-order valence-electron chi connectivity index (χ3n) is 4.51. The van der Waals surface area contributed by atoms with Gasteiger partial charge in [-0.15, -0.1) is 0 Å². The van der Waals surface area contributed by atoms with Crippen molar-refractivity contribution in [3.05, 3.63) is 47.7 Å². The van der Waals surface area contributed by atoms with Crippen LogP contribution in [0.3, 0.4) is 0 Å². The average Bonchev–Trinajstić information content (AvgIpc) is 3.18. The van der Waals surface area contributed by atoms with Crippen molar-refractivity contribution in [3.8, 4) is 0 Å². The van der Waals surface area contributed by atoms with Crippen molar-refractivity contribution in [3.63, 3.8) is 0 Å². The minimum absolute atomic E-state index is 0.115. The number of ether oxygens (including phenoxy) is 1. The first-order chi connectivity index (χ1) is 12.2. The van der Waals surface area contributed by atoms with Gasteiger partial charge in [-0.2, -0.15) is 0 Å². The molecule has 0 spiro atoms. The van der Waals surface area contributed by atoms with Gasteiger partial charge in [0, 0.05) is 12.3 Å². The van der Waals surface area contributed by atoms with E-state index in [1.807, 2.05) is 12.1 Å². The summed E-state index contributed by atoms with van der Waals surface area (Å²) < 4.78 is 5.39. The predicted molar refractivity (Wildman–Crippen MR) is 100 cm³/mol. The van der Waals surface area contributed by atoms with Crippen molar-refractivity contribution in [1.82, 2.24) is 4.98 Å². The standard InChI is InChI=1S/C20H25N3O2/c1-3-14-7-5-8-15(4-2)19(14)22-16-10-11-18(21-13-16)23-20(24)17-9-6-12-25-17/h5,7-8,10-11,13,17,22H,3-4,6,9,12H2,1-2H3,(H,21,23,24). The molecule has 1 aromatic heterocycles. The molecular weight excluding hydrogens is 314 g/mol. The maximum atomic E-state index is 12.1. The van der Waals surface area contributed by atoms with Gasteiger partial charge in [0.2, 0.25) is 0 Å². The van der Waals surface area contributed by atoms with Gasteiger partial charge >= 0.3 is 0 Å². The molecule has 0 aliphatic carbocycles. The summed E-state index contributed by atoms with van der Waals surface area (Å²) in [6, 6.07) is 10.1. The van der Waals surface area contributed by atoms with Crippen LogP contribution in [0.1, 0.15) is 37.8 Å². The molecule has 2 aromatic rings. The topological polar surface area (TPSA) is 63.2 Å². The van der Waals surface area contributed by atoms with E-state index >= 15 is 0 Å². The fourth-order valence-electron chi connectivity index (χ4n) is 3.08. The molecule has 25 heavy (non-hydrogen) atoms. The number of rotatable bonds is 6. The molecule has 0 bridgehead atoms. The molecule has 1 aromatic carbocycles. The zero-order chi connectivity index (χ0) is 17.6. The second-order valence-corrected chi connectivity index (χ2v) is 6.21. The molecule has 5 heteroatoms. The Morgan fingerprint density at radius 1 is 1.20 bits per heavy atom. The number of benzene rings is 1. The van der Waals surface area contributed by atoms with Gasteiger partial charge in [0.1, 0.15) is 11.9 Å². The van der Waals surface area contributed by atoms with Gasteiger partial charge in [-0.3, -0.25) is 4.79 Å². The normalized spacial score (nSPS) is 16.6. The molecule has 1 aliphatic rings. The van der Waals surface area contributed by atoms with E-state index < -0.39 is 0 Å². The molecule has 132 valence electrons. The Kier molecular flexibility index (Phi) is 5.66. The quantitative estimate of drug-likeness (QED) is 0.833. The van der Waals surface area contributed by atoms with Gasteiger partial charge in [-0.05, 0) is 48.9 Å². The zero-order valence-electron chi connectivity index (χ0n) is 14.8. The predicted octanol–water partition coefficient (Wildman–Crippen LogP) is 4.07. The van der Waals surface area contributed by atoms with Crippen LogP contribution >= 0.6 is 0 Å². The molecule has 3 rings (SSSR count). The number of hydrogen-bond donors (Lipinski definition) is 2. The van der Waals surface area contributed by atoms with Crippen LogP contribution < -0.4 is 10.6 Å². The number of nitrogens with zero attached hydrogens (tertiary/aromatic N) is 1. The fraction of sp³-hybridized carbons (Fsp3) is 0.400. The summed E-state index contributed by atoms with van der Waals surface area (Å²) in [5.41, 5.74) is 4.64. The number of hydrogen-bond acceptors (Lipinski definition) is 4. The summed E-state index contributed by atoms with van der Waals surface area (Å²) in [5.74, 6) is 0.431. The molecular formula is C20H25N3O2. The Morgan fingerprint density at radius 2 is 1.96 bits per heavy atom. The van der Waals surface area contributed by atoms with E-state index in [9.17, 15) is 4.79 Å². The number of anilines is 3. The minimum atomic E-state index is -0.344. The van der Waals surface area contributed by atoms with E-state index in [1.165, 1.54) is 11.1 Å². The van der Waals surface area contributed by atoms with Crippen LogP contribution in [0.2, 0.25) is 0 Å². The monoisotopic (exact) mass is 339 g/mol. The number of amides is 1. The molecule has 2 heterocycles. The van der Waals surface area contributed by atoms with Crippen LogP contribution in [-0.4, -0.2) is 23.6 Å². The Morgan fingerprint density at radius 3 is 2.52 bits per heavy atom. The smallest absolute Gasteiger partial charge is 0.254 e. The van der Waals surface area contributed by atoms with E-state index in [4.69, 9.17) is 4.74 Å². The lowest BCUT2D eigenvalue weighted by Crippen LogP contribution is -2.27. The molecule has 5 nitrogen and oxygen atoms in total. The van der Waals surface area contributed by atoms with Crippen molar-refractivity contribution < 1.29 is 9.53 Å². The molecule has 1 saturated heterocycles. The van der Waals surface area contributed by atoms with Gasteiger partial charge in [-0.1, -0.05) is 32.0 Å². The third kappa shape index (κ3) is 4.17. The van der Waals surface area contributed by atoms with Gasteiger partial charge in [0.25, 0.3) is 5.91 Å². The summed E-state index contributed by atoms with van der Waals surface area (Å²) in [6.45, 7) is 4.97. The van der Waals surface area contributed by atoms with Crippen LogP contribution in [0, 0.1) is 0 Å². The summed E-state index contributed by atoms with van der Waals surface area (Å²) in [7, 11) is 0. The number of carbonyl (C=O) groups excluding carboxylic acids is 1. The highest BCUT2D eigenvalue weighted by atomic mass is 16.5. The molecule has 1 atom stereocenters. The lowest BCUT2D eigenvalue weighted by molar-refractivity contribution is -0.124. The first-order valence-electron chi connectivity index (χ1n) is 8.97. The lowest BCUT2D eigenvalue weighted by Gasteiger charge is -2.15. The number of aryl methyl sites for hydroxylation is 2. The number of pyridine rings is 1. The van der Waals surface area contributed by atoms with Gasteiger partial charge < -0.3 is 15.4 Å². The third-order valence-corrected chi connectivity index (χ3v) is 4.51. The fourth-order valence-corrected chi connectivity index (χ4v) is 3.08. The summed E-state index contributed by atoms with van der Waals surface area (Å²) in [6.07, 6.45) is 5.06. The molecule has 1 amide bonds. The molecule has 0 radical (unpaired) electrons. The van der Waals surface area contributed by atoms with Crippen LogP contribution in [0.4, 0.5) is 17.2 Å². The van der Waals surface area contributed by atoms with Crippen molar-refractivity contribution in [2.75, 3.05) is 17.2 Å². The first-order valence-corrected chi connectivity index (χ1v) is 8.97. The summed E-state index contributed by atoms with van der Waals surface area (Å²) in [4.78, 5) is 16.4. The highest BCUT2D eigenvalue weighted by Gasteiger charge is 2.23. The number of aromatic nitrogens is 1. The van der Waals surface area contributed by atoms with Crippen LogP contribution in [0.5, 0.6) is 0 Å². The van der Waals surface area contributed by atoms with Gasteiger partial charge in [0.05, 0.1) is 11.9 Å². The van der Waals surface area contributed by atoms with Crippen LogP contribution in [-0.2, 0) is 22.4 Å². The second-order valence-electron chi connectivity index (χ2n) is 6.21. The SMILES string of the molecule is CCc1cccc(CC)c1Nc1ccc(NC(=O)C2CCCO2)nc1. The Bertz CT molecular complexity index is 700. The van der Waals surface area contributed by atoms with Gasteiger partial charge in [-0.25, -0.2) is 4.98 Å². The number of nitrogens with one attached hydrogen (secondary N) is 2. The highest BCUT2D eigenvalue weighted by Crippen LogP contribution is 2.26. The largest absolute Gasteiger partial charge is 0.368 e. The van der Waals surface area contributed by atoms with Gasteiger partial charge in [0.15, 0.2) is 0 Å². The van der Waals surface area contributed by atoms with E-state index in [2.05, 4.69) is 47.7 Å². The van der Waals surface area contributed by atoms with E-state index in [0.29, 0.717) is 12.4 Å². The van der Waals surface area contributed by atoms with Crippen molar-refractivity contribution in [2.24, 2.45) is 0 Å². The first kappa shape index (κ1) is 17.4. The molecule has 1 unspecified atom stereocenters. The average molecular weight is 339 g/mol.